The molecule has 2 aromatic carbocycles. The van der Waals surface area contributed by atoms with Gasteiger partial charge in [-0.05, 0) is 30.3 Å². The third-order valence-corrected chi connectivity index (χ3v) is 6.34. The molecule has 3 aromatic rings. The monoisotopic (exact) mass is 503 g/mol. The van der Waals surface area contributed by atoms with Crippen LogP contribution in [0.1, 0.15) is 16.7 Å². The topological polar surface area (TPSA) is 71.1 Å². The van der Waals surface area contributed by atoms with E-state index in [-0.39, 0.29) is 25.2 Å². The second-order valence-electron chi connectivity index (χ2n) is 7.79. The molecule has 4 heterocycles. The molecule has 2 unspecified atom stereocenters. The Bertz CT molecular complexity index is 1310. The summed E-state index contributed by atoms with van der Waals surface area (Å²) in [5, 5.41) is 11.4. The van der Waals surface area contributed by atoms with E-state index in [0.717, 1.165) is 22.5 Å². The number of nitrogens with zero attached hydrogens (tertiary/aromatic N) is 2. The molecule has 0 aliphatic carbocycles. The van der Waals surface area contributed by atoms with Crippen LogP contribution in [0.25, 0.3) is 5.70 Å². The second kappa shape index (κ2) is 8.09. The summed E-state index contributed by atoms with van der Waals surface area (Å²) in [6, 6.07) is 8.27. The van der Waals surface area contributed by atoms with E-state index in [4.69, 9.17) is 27.9 Å². The van der Waals surface area contributed by atoms with Gasteiger partial charge in [0.15, 0.2) is 5.82 Å². The van der Waals surface area contributed by atoms with Crippen LogP contribution in [0.5, 0.6) is 5.75 Å². The molecule has 3 aliphatic rings. The molecule has 6 nitrogen and oxygen atoms in total. The second-order valence-corrected chi connectivity index (χ2v) is 8.67. The van der Waals surface area contributed by atoms with Crippen LogP contribution in [0.15, 0.2) is 61.1 Å². The molecule has 168 valence electrons. The smallest absolute Gasteiger partial charge is 0.154 e. The first-order valence-corrected chi connectivity index (χ1v) is 10.7. The number of hydrogen-bond acceptors (Lipinski definition) is 6. The minimum absolute atomic E-state index is 0. The Balaban J connectivity index is 0.00000228. The molecule has 1 aromatic heterocycles. The number of ether oxygens (including phenoxy) is 1. The first-order valence-electron chi connectivity index (χ1n) is 9.95. The van der Waals surface area contributed by atoms with E-state index in [2.05, 4.69) is 25.9 Å². The van der Waals surface area contributed by atoms with E-state index in [0.29, 0.717) is 27.2 Å². The van der Waals surface area contributed by atoms with Gasteiger partial charge in [-0.1, -0.05) is 41.4 Å². The van der Waals surface area contributed by atoms with Crippen LogP contribution >= 0.6 is 35.6 Å². The predicted octanol–water partition coefficient (Wildman–Crippen LogP) is 5.50. The fraction of sp³-hybridized carbons (Fsp3) is 0.130. The van der Waals surface area contributed by atoms with Crippen LogP contribution < -0.4 is 20.7 Å². The molecule has 2 atom stereocenters. The van der Waals surface area contributed by atoms with Crippen LogP contribution in [0.3, 0.4) is 0 Å². The molecule has 6 rings (SSSR count). The van der Waals surface area contributed by atoms with E-state index >= 15 is 0 Å². The van der Waals surface area contributed by atoms with E-state index in [1.54, 1.807) is 18.3 Å². The summed E-state index contributed by atoms with van der Waals surface area (Å²) in [5.41, 5.74) is 3.00. The molecule has 33 heavy (non-hydrogen) atoms. The van der Waals surface area contributed by atoms with Crippen LogP contribution in [0, 0.1) is 5.82 Å². The summed E-state index contributed by atoms with van der Waals surface area (Å²) < 4.78 is 20.6. The molecule has 3 N–H and O–H groups in total. The zero-order valence-electron chi connectivity index (χ0n) is 16.9. The van der Waals surface area contributed by atoms with Gasteiger partial charge in [-0.25, -0.2) is 14.4 Å². The molecule has 0 spiro atoms. The number of nitrogens with one attached hydrogen (secondary N) is 3. The Kier molecular flexibility index (Phi) is 5.35. The highest BCUT2D eigenvalue weighted by atomic mass is 35.5. The number of halogens is 4. The van der Waals surface area contributed by atoms with Crippen molar-refractivity contribution in [2.45, 2.75) is 18.3 Å². The van der Waals surface area contributed by atoms with Crippen molar-refractivity contribution in [3.63, 3.8) is 0 Å². The molecular weight excluding hydrogens is 488 g/mol. The minimum atomic E-state index is -0.726. The molecule has 4 bridgehead atoms. The summed E-state index contributed by atoms with van der Waals surface area (Å²) in [4.78, 5) is 8.40. The number of rotatable bonds is 4. The van der Waals surface area contributed by atoms with Crippen LogP contribution in [0.2, 0.25) is 10.0 Å². The van der Waals surface area contributed by atoms with Crippen molar-refractivity contribution in [1.82, 2.24) is 15.3 Å². The van der Waals surface area contributed by atoms with Crippen molar-refractivity contribution in [2.75, 3.05) is 10.6 Å². The van der Waals surface area contributed by atoms with Gasteiger partial charge in [0.05, 0.1) is 11.9 Å². The number of fused-ring (bicyclic) bond motifs is 7. The first-order chi connectivity index (χ1) is 15.5. The Morgan fingerprint density at radius 2 is 2.00 bits per heavy atom. The fourth-order valence-electron chi connectivity index (χ4n) is 4.39. The zero-order valence-corrected chi connectivity index (χ0v) is 19.2. The molecule has 0 fully saturated rings. The quantitative estimate of drug-likeness (QED) is 0.436. The summed E-state index contributed by atoms with van der Waals surface area (Å²) in [6.45, 7) is 0.0505. The average Bonchev–Trinajstić information content (AvgIpc) is 3.23. The van der Waals surface area contributed by atoms with Gasteiger partial charge in [0, 0.05) is 32.4 Å². The van der Waals surface area contributed by atoms with Crippen molar-refractivity contribution in [1.29, 1.82) is 0 Å². The van der Waals surface area contributed by atoms with Gasteiger partial charge in [0.25, 0.3) is 0 Å². The molecule has 10 heteroatoms. The number of allylic oxidation sites excluding steroid dienone is 2. The summed E-state index contributed by atoms with van der Waals surface area (Å²) in [7, 11) is 0. The van der Waals surface area contributed by atoms with Gasteiger partial charge in [-0.2, -0.15) is 0 Å². The van der Waals surface area contributed by atoms with Gasteiger partial charge >= 0.3 is 0 Å². The molecule has 0 radical (unpaired) electrons. The summed E-state index contributed by atoms with van der Waals surface area (Å²) in [6.07, 6.45) is 8.93. The maximum atomic E-state index is 14.4. The standard InChI is InChI=1S/C23H16Cl2FN5O.ClH/c24-13-4-3-12(17(26)8-13)10-32-20-15-6-14(25)7-16(20)23(5-1-2-18(15)31-23)22-29-19-9-27-11-28-21(19)30-22;/h1-9,11,22,29,31H,10H2,(H,27,28,30);1H. The Morgan fingerprint density at radius 1 is 1.12 bits per heavy atom. The maximum absolute atomic E-state index is 14.4. The van der Waals surface area contributed by atoms with Crippen molar-refractivity contribution < 1.29 is 9.13 Å². The zero-order chi connectivity index (χ0) is 21.9. The number of anilines is 2. The van der Waals surface area contributed by atoms with Gasteiger partial charge in [0.1, 0.15) is 36.2 Å². The molecule has 0 saturated carbocycles. The lowest BCUT2D eigenvalue weighted by atomic mass is 9.78. The lowest BCUT2D eigenvalue weighted by Crippen LogP contribution is -2.57. The molecule has 3 aliphatic heterocycles. The Labute approximate surface area is 205 Å². The first kappa shape index (κ1) is 21.8. The van der Waals surface area contributed by atoms with Crippen molar-refractivity contribution in [3.05, 3.63) is 93.6 Å². The normalized spacial score (nSPS) is 21.1. The minimum Gasteiger partial charge on any atom is -0.488 e. The number of dihydropyridines is 1. The van der Waals surface area contributed by atoms with Crippen molar-refractivity contribution in [3.8, 4) is 5.75 Å². The third kappa shape index (κ3) is 3.47. The summed E-state index contributed by atoms with van der Waals surface area (Å²) >= 11 is 12.4. The highest BCUT2D eigenvalue weighted by molar-refractivity contribution is 6.31. The van der Waals surface area contributed by atoms with E-state index in [1.807, 2.05) is 30.4 Å². The number of benzene rings is 2. The average molecular weight is 505 g/mol. The van der Waals surface area contributed by atoms with Crippen LogP contribution in [0.4, 0.5) is 15.9 Å². The SMILES string of the molecule is Cl.Fc1cc(Cl)ccc1COc1c2cc(Cl)cc1C1(C3Nc4cncnc4N3)C=CC=C2N1. The Morgan fingerprint density at radius 3 is 2.82 bits per heavy atom. The highest BCUT2D eigenvalue weighted by Gasteiger charge is 2.48. The van der Waals surface area contributed by atoms with Crippen LogP contribution in [-0.2, 0) is 12.1 Å². The third-order valence-electron chi connectivity index (χ3n) is 5.89. The van der Waals surface area contributed by atoms with Gasteiger partial charge in [-0.15, -0.1) is 12.4 Å². The van der Waals surface area contributed by atoms with E-state index < -0.39 is 11.4 Å². The van der Waals surface area contributed by atoms with Gasteiger partial charge in [0.2, 0.25) is 0 Å². The van der Waals surface area contributed by atoms with E-state index in [9.17, 15) is 4.39 Å². The highest BCUT2D eigenvalue weighted by Crippen LogP contribution is 2.49. The number of aromatic nitrogens is 2. The molecule has 0 saturated heterocycles. The Hall–Kier alpha value is -3.00. The fourth-order valence-corrected chi connectivity index (χ4v) is 4.77. The van der Waals surface area contributed by atoms with Gasteiger partial charge in [-0.3, -0.25) is 0 Å². The molecular formula is C23H17Cl3FN5O. The largest absolute Gasteiger partial charge is 0.488 e. The van der Waals surface area contributed by atoms with Gasteiger partial charge < -0.3 is 20.7 Å². The number of hydrogen-bond donors (Lipinski definition) is 3. The maximum Gasteiger partial charge on any atom is 0.154 e. The van der Waals surface area contributed by atoms with Crippen LogP contribution in [-0.4, -0.2) is 16.1 Å². The summed E-state index contributed by atoms with van der Waals surface area (Å²) in [5.74, 6) is 0.944. The lowest BCUT2D eigenvalue weighted by molar-refractivity contribution is 0.280. The molecule has 0 amide bonds. The lowest BCUT2D eigenvalue weighted by Gasteiger charge is -2.45. The van der Waals surface area contributed by atoms with E-state index in [1.165, 1.54) is 12.4 Å². The predicted molar refractivity (Wildman–Crippen MR) is 129 cm³/mol. The van der Waals surface area contributed by atoms with Crippen molar-refractivity contribution >= 4 is 52.8 Å². The van der Waals surface area contributed by atoms with Crippen molar-refractivity contribution in [2.24, 2.45) is 0 Å².